The number of aromatic nitrogens is 2. The van der Waals surface area contributed by atoms with E-state index in [2.05, 4.69) is 0 Å². The average Bonchev–Trinajstić information content (AvgIpc) is 3.31. The fourth-order valence-electron chi connectivity index (χ4n) is 3.71. The van der Waals surface area contributed by atoms with Gasteiger partial charge in [0.05, 0.1) is 19.2 Å². The number of anilines is 1. The molecule has 0 aliphatic rings. The minimum absolute atomic E-state index is 0.0904. The lowest BCUT2D eigenvalue weighted by molar-refractivity contribution is -0.119. The number of benzene rings is 2. The summed E-state index contributed by atoms with van der Waals surface area (Å²) in [6, 6.07) is 18.3. The zero-order valence-electron chi connectivity index (χ0n) is 17.9. The number of methoxy groups -OCH3 is 1. The topological polar surface area (TPSA) is 73.5 Å². The molecule has 0 saturated heterocycles. The minimum Gasteiger partial charge on any atom is -0.497 e. The molecule has 0 radical (unpaired) electrons. The molecule has 2 aromatic heterocycles. The van der Waals surface area contributed by atoms with Gasteiger partial charge in [-0.05, 0) is 48.2 Å². The SMILES string of the molecule is CCN(C(=O)Cn1c(=O)n(Cc2cccc(OC)c2)c(=O)c2sccc21)c1ccccc1. The molecule has 0 fully saturated rings. The van der Waals surface area contributed by atoms with E-state index < -0.39 is 5.69 Å². The van der Waals surface area contributed by atoms with E-state index in [1.54, 1.807) is 35.6 Å². The first-order chi connectivity index (χ1) is 15.5. The monoisotopic (exact) mass is 449 g/mol. The lowest BCUT2D eigenvalue weighted by atomic mass is 10.2. The van der Waals surface area contributed by atoms with E-state index in [9.17, 15) is 14.4 Å². The van der Waals surface area contributed by atoms with Crippen LogP contribution in [0.15, 0.2) is 75.6 Å². The van der Waals surface area contributed by atoms with Gasteiger partial charge < -0.3 is 9.64 Å². The molecule has 0 atom stereocenters. The van der Waals surface area contributed by atoms with Crippen LogP contribution in [-0.2, 0) is 17.9 Å². The fraction of sp³-hybridized carbons (Fsp3) is 0.208. The molecule has 0 aliphatic heterocycles. The van der Waals surface area contributed by atoms with Crippen molar-refractivity contribution >= 4 is 33.1 Å². The molecule has 0 unspecified atom stereocenters. The van der Waals surface area contributed by atoms with Gasteiger partial charge in [-0.15, -0.1) is 11.3 Å². The summed E-state index contributed by atoms with van der Waals surface area (Å²) in [6.45, 7) is 2.28. The molecule has 2 heterocycles. The molecule has 32 heavy (non-hydrogen) atoms. The van der Waals surface area contributed by atoms with Crippen LogP contribution >= 0.6 is 11.3 Å². The van der Waals surface area contributed by atoms with Crippen LogP contribution in [0, 0.1) is 0 Å². The van der Waals surface area contributed by atoms with Crippen LogP contribution in [0.3, 0.4) is 0 Å². The molecule has 7 nitrogen and oxygen atoms in total. The molecule has 1 amide bonds. The quantitative estimate of drug-likeness (QED) is 0.434. The molecule has 8 heteroatoms. The van der Waals surface area contributed by atoms with Crippen molar-refractivity contribution in [1.82, 2.24) is 9.13 Å². The summed E-state index contributed by atoms with van der Waals surface area (Å²) in [5.74, 6) is 0.421. The van der Waals surface area contributed by atoms with Crippen LogP contribution in [-0.4, -0.2) is 28.7 Å². The highest BCUT2D eigenvalue weighted by molar-refractivity contribution is 7.17. The Morgan fingerprint density at radius 1 is 1.03 bits per heavy atom. The summed E-state index contributed by atoms with van der Waals surface area (Å²) in [5.41, 5.74) is 1.13. The number of carbonyl (C=O) groups excluding carboxylic acids is 1. The van der Waals surface area contributed by atoms with Gasteiger partial charge in [-0.1, -0.05) is 30.3 Å². The molecular weight excluding hydrogens is 426 g/mol. The zero-order chi connectivity index (χ0) is 22.7. The van der Waals surface area contributed by atoms with Crippen LogP contribution < -0.4 is 20.9 Å². The van der Waals surface area contributed by atoms with Crippen molar-refractivity contribution < 1.29 is 9.53 Å². The Hall–Kier alpha value is -3.65. The number of likely N-dealkylation sites (N-methyl/N-ethyl adjacent to an activating group) is 1. The number of nitrogens with zero attached hydrogens (tertiary/aromatic N) is 3. The highest BCUT2D eigenvalue weighted by atomic mass is 32.1. The first kappa shape index (κ1) is 21.6. The Morgan fingerprint density at radius 2 is 1.81 bits per heavy atom. The maximum absolute atomic E-state index is 13.4. The van der Waals surface area contributed by atoms with E-state index in [0.717, 1.165) is 11.3 Å². The maximum atomic E-state index is 13.4. The Balaban J connectivity index is 1.76. The first-order valence-corrected chi connectivity index (χ1v) is 11.1. The van der Waals surface area contributed by atoms with Gasteiger partial charge in [0.1, 0.15) is 17.0 Å². The smallest absolute Gasteiger partial charge is 0.332 e. The van der Waals surface area contributed by atoms with Crippen molar-refractivity contribution in [3.63, 3.8) is 0 Å². The van der Waals surface area contributed by atoms with Gasteiger partial charge in [0.2, 0.25) is 5.91 Å². The predicted octanol–water partition coefficient (Wildman–Crippen LogP) is 3.33. The van der Waals surface area contributed by atoms with Gasteiger partial charge in [0.15, 0.2) is 0 Å². The number of hydrogen-bond acceptors (Lipinski definition) is 5. The third kappa shape index (κ3) is 4.09. The Kier molecular flexibility index (Phi) is 6.23. The van der Waals surface area contributed by atoms with E-state index in [1.807, 2.05) is 49.4 Å². The van der Waals surface area contributed by atoms with E-state index in [1.165, 1.54) is 20.5 Å². The molecule has 2 aromatic carbocycles. The first-order valence-electron chi connectivity index (χ1n) is 10.2. The fourth-order valence-corrected chi connectivity index (χ4v) is 4.55. The summed E-state index contributed by atoms with van der Waals surface area (Å²) in [7, 11) is 1.56. The minimum atomic E-state index is -0.513. The molecule has 0 bridgehead atoms. The molecule has 0 spiro atoms. The number of para-hydroxylation sites is 1. The van der Waals surface area contributed by atoms with Crippen LogP contribution in [0.5, 0.6) is 5.75 Å². The van der Waals surface area contributed by atoms with E-state index in [0.29, 0.717) is 22.5 Å². The van der Waals surface area contributed by atoms with Crippen LogP contribution in [0.4, 0.5) is 5.69 Å². The van der Waals surface area contributed by atoms with Gasteiger partial charge in [0.25, 0.3) is 5.56 Å². The number of carbonyl (C=O) groups is 1. The van der Waals surface area contributed by atoms with Crippen molar-refractivity contribution in [2.45, 2.75) is 20.0 Å². The third-order valence-electron chi connectivity index (χ3n) is 5.29. The van der Waals surface area contributed by atoms with Crippen LogP contribution in [0.1, 0.15) is 12.5 Å². The number of thiophene rings is 1. The number of fused-ring (bicyclic) bond motifs is 1. The standard InChI is InChI=1S/C24H23N3O4S/c1-3-25(18-9-5-4-6-10-18)21(28)16-26-20-12-13-32-22(20)23(29)27(24(26)30)15-17-8-7-11-19(14-17)31-2/h4-14H,3,15-16H2,1-2H3. The van der Waals surface area contributed by atoms with E-state index in [4.69, 9.17) is 4.74 Å². The van der Waals surface area contributed by atoms with Gasteiger partial charge in [-0.25, -0.2) is 4.79 Å². The lowest BCUT2D eigenvalue weighted by Crippen LogP contribution is -2.43. The summed E-state index contributed by atoms with van der Waals surface area (Å²) in [5, 5.41) is 1.76. The largest absolute Gasteiger partial charge is 0.497 e. The highest BCUT2D eigenvalue weighted by Gasteiger charge is 2.20. The van der Waals surface area contributed by atoms with Crippen molar-refractivity contribution in [1.29, 1.82) is 0 Å². The van der Waals surface area contributed by atoms with Crippen LogP contribution in [0.2, 0.25) is 0 Å². The molecule has 4 aromatic rings. The Morgan fingerprint density at radius 3 is 2.53 bits per heavy atom. The number of rotatable bonds is 7. The second-order valence-electron chi connectivity index (χ2n) is 7.22. The molecular formula is C24H23N3O4S. The summed E-state index contributed by atoms with van der Waals surface area (Å²) >= 11 is 1.26. The van der Waals surface area contributed by atoms with Crippen molar-refractivity contribution in [3.8, 4) is 5.75 Å². The van der Waals surface area contributed by atoms with Crippen LogP contribution in [0.25, 0.3) is 10.2 Å². The number of hydrogen-bond donors (Lipinski definition) is 0. The Labute approximate surface area is 188 Å². The molecule has 0 N–H and O–H groups in total. The number of ether oxygens (including phenoxy) is 1. The van der Waals surface area contributed by atoms with Gasteiger partial charge in [0, 0.05) is 12.2 Å². The van der Waals surface area contributed by atoms with Gasteiger partial charge >= 0.3 is 5.69 Å². The maximum Gasteiger partial charge on any atom is 0.332 e. The van der Waals surface area contributed by atoms with Crippen molar-refractivity contribution in [2.24, 2.45) is 0 Å². The average molecular weight is 450 g/mol. The summed E-state index contributed by atoms with van der Waals surface area (Å²) < 4.78 is 8.27. The van der Waals surface area contributed by atoms with Gasteiger partial charge in [-0.2, -0.15) is 0 Å². The molecule has 164 valence electrons. The van der Waals surface area contributed by atoms with Crippen molar-refractivity contribution in [2.75, 3.05) is 18.6 Å². The molecule has 0 aliphatic carbocycles. The lowest BCUT2D eigenvalue weighted by Gasteiger charge is -2.22. The summed E-state index contributed by atoms with van der Waals surface area (Å²) in [6.07, 6.45) is 0. The zero-order valence-corrected chi connectivity index (χ0v) is 18.7. The molecule has 4 rings (SSSR count). The third-order valence-corrected chi connectivity index (χ3v) is 6.18. The molecule has 0 saturated carbocycles. The van der Waals surface area contributed by atoms with Gasteiger partial charge in [-0.3, -0.25) is 18.7 Å². The van der Waals surface area contributed by atoms with Crippen molar-refractivity contribution in [3.05, 3.63) is 92.4 Å². The second kappa shape index (κ2) is 9.23. The Bertz CT molecular complexity index is 1370. The summed E-state index contributed by atoms with van der Waals surface area (Å²) in [4.78, 5) is 41.2. The highest BCUT2D eigenvalue weighted by Crippen LogP contribution is 2.18. The van der Waals surface area contributed by atoms with E-state index in [-0.39, 0.29) is 24.6 Å². The number of amides is 1. The predicted molar refractivity (Wildman–Crippen MR) is 127 cm³/mol. The van der Waals surface area contributed by atoms with E-state index >= 15 is 0 Å². The second-order valence-corrected chi connectivity index (χ2v) is 8.14. The normalized spacial score (nSPS) is 10.9.